The van der Waals surface area contributed by atoms with E-state index in [9.17, 15) is 0 Å². The first-order chi connectivity index (χ1) is 10.1. The molecular formula is C22H30. The average Bonchev–Trinajstić information content (AvgIpc) is 2.73. The maximum Gasteiger partial charge on any atom is -0.00329 e. The van der Waals surface area contributed by atoms with Gasteiger partial charge in [0.15, 0.2) is 0 Å². The van der Waals surface area contributed by atoms with Gasteiger partial charge in [0, 0.05) is 0 Å². The second-order valence-electron chi connectivity index (χ2n) is 8.56. The number of rotatable bonds is 2. The maximum absolute atomic E-state index is 4.02. The fraction of sp³-hybridized carbons (Fsp3) is 0.455. The topological polar surface area (TPSA) is 0 Å². The highest BCUT2D eigenvalue weighted by atomic mass is 14.5. The molecule has 0 radical (unpaired) electrons. The van der Waals surface area contributed by atoms with E-state index >= 15 is 0 Å². The summed E-state index contributed by atoms with van der Waals surface area (Å²) in [6, 6.07) is 6.65. The Morgan fingerprint density at radius 3 is 1.95 bits per heavy atom. The van der Waals surface area contributed by atoms with Crippen LogP contribution in [0.15, 0.2) is 43.5 Å². The van der Waals surface area contributed by atoms with Gasteiger partial charge < -0.3 is 0 Å². The van der Waals surface area contributed by atoms with Crippen LogP contribution in [0.4, 0.5) is 0 Å². The third-order valence-electron chi connectivity index (χ3n) is 4.80. The highest BCUT2D eigenvalue weighted by Crippen LogP contribution is 2.60. The van der Waals surface area contributed by atoms with E-state index in [1.807, 2.05) is 12.2 Å². The molecule has 0 aliphatic heterocycles. The molecule has 0 saturated carbocycles. The van der Waals surface area contributed by atoms with Crippen molar-refractivity contribution >= 4 is 11.6 Å². The number of fused-ring (bicyclic) bond motifs is 1. The molecule has 0 amide bonds. The van der Waals surface area contributed by atoms with Crippen molar-refractivity contribution in [2.75, 3.05) is 0 Å². The van der Waals surface area contributed by atoms with E-state index in [4.69, 9.17) is 0 Å². The summed E-state index contributed by atoms with van der Waals surface area (Å²) in [5.41, 5.74) is 5.93. The van der Waals surface area contributed by atoms with Crippen LogP contribution in [0.2, 0.25) is 0 Å². The van der Waals surface area contributed by atoms with Gasteiger partial charge in [-0.3, -0.25) is 0 Å². The minimum Gasteiger partial charge on any atom is -0.0991 e. The van der Waals surface area contributed by atoms with Crippen molar-refractivity contribution in [3.63, 3.8) is 0 Å². The van der Waals surface area contributed by atoms with Gasteiger partial charge in [-0.25, -0.2) is 0 Å². The first-order valence-corrected chi connectivity index (χ1v) is 8.21. The number of hydrogen-bond donors (Lipinski definition) is 0. The SMILES string of the molecule is C=C/C=C1\c2c(C=C)cccc2C(C(C)(C)C)C1C(C)(C)C. The van der Waals surface area contributed by atoms with Gasteiger partial charge >= 0.3 is 0 Å². The predicted octanol–water partition coefficient (Wildman–Crippen LogP) is 6.70. The summed E-state index contributed by atoms with van der Waals surface area (Å²) >= 11 is 0. The Balaban J connectivity index is 2.84. The van der Waals surface area contributed by atoms with Crippen molar-refractivity contribution in [3.05, 3.63) is 60.2 Å². The number of allylic oxidation sites excluding steroid dienone is 3. The van der Waals surface area contributed by atoms with Crippen LogP contribution in [0.3, 0.4) is 0 Å². The zero-order valence-electron chi connectivity index (χ0n) is 15.0. The van der Waals surface area contributed by atoms with Gasteiger partial charge in [0.25, 0.3) is 0 Å². The van der Waals surface area contributed by atoms with Crippen LogP contribution in [-0.2, 0) is 0 Å². The fourth-order valence-electron chi connectivity index (χ4n) is 4.11. The summed E-state index contributed by atoms with van der Waals surface area (Å²) in [5, 5.41) is 0. The summed E-state index contributed by atoms with van der Waals surface area (Å²) in [7, 11) is 0. The van der Waals surface area contributed by atoms with Gasteiger partial charge in [0.05, 0.1) is 0 Å². The van der Waals surface area contributed by atoms with Crippen LogP contribution in [-0.4, -0.2) is 0 Å². The van der Waals surface area contributed by atoms with Crippen LogP contribution in [0.1, 0.15) is 64.2 Å². The minimum absolute atomic E-state index is 0.199. The molecule has 0 bridgehead atoms. The second kappa shape index (κ2) is 5.57. The summed E-state index contributed by atoms with van der Waals surface area (Å²) < 4.78 is 0. The lowest BCUT2D eigenvalue weighted by atomic mass is 9.63. The van der Waals surface area contributed by atoms with Gasteiger partial charge in [0.1, 0.15) is 0 Å². The highest BCUT2D eigenvalue weighted by Gasteiger charge is 2.47. The Kier molecular flexibility index (Phi) is 4.26. The Bertz CT molecular complexity index is 614. The Labute approximate surface area is 136 Å². The molecule has 0 N–H and O–H groups in total. The molecule has 1 aromatic carbocycles. The lowest BCUT2D eigenvalue weighted by Gasteiger charge is -2.40. The maximum atomic E-state index is 4.02. The normalized spacial score (nSPS) is 23.5. The first-order valence-electron chi connectivity index (χ1n) is 8.21. The molecule has 0 spiro atoms. The van der Waals surface area contributed by atoms with E-state index in [1.54, 1.807) is 0 Å². The van der Waals surface area contributed by atoms with E-state index in [-0.39, 0.29) is 10.8 Å². The highest BCUT2D eigenvalue weighted by molar-refractivity contribution is 5.83. The molecule has 0 aromatic heterocycles. The van der Waals surface area contributed by atoms with Gasteiger partial charge in [-0.15, -0.1) is 0 Å². The van der Waals surface area contributed by atoms with Crippen molar-refractivity contribution in [1.82, 2.24) is 0 Å². The minimum atomic E-state index is 0.199. The van der Waals surface area contributed by atoms with Gasteiger partial charge in [-0.1, -0.05) is 91.1 Å². The Morgan fingerprint density at radius 1 is 0.909 bits per heavy atom. The van der Waals surface area contributed by atoms with Gasteiger partial charge in [0.2, 0.25) is 0 Å². The molecule has 1 aromatic rings. The largest absolute Gasteiger partial charge is 0.0991 e. The molecule has 0 saturated heterocycles. The fourth-order valence-corrected chi connectivity index (χ4v) is 4.11. The lowest BCUT2D eigenvalue weighted by Crippen LogP contribution is -2.31. The molecule has 22 heavy (non-hydrogen) atoms. The number of benzene rings is 1. The van der Waals surface area contributed by atoms with Crippen LogP contribution in [0.5, 0.6) is 0 Å². The van der Waals surface area contributed by atoms with Crippen molar-refractivity contribution in [3.8, 4) is 0 Å². The molecule has 0 heterocycles. The molecule has 118 valence electrons. The molecule has 1 aliphatic carbocycles. The van der Waals surface area contributed by atoms with Crippen molar-refractivity contribution < 1.29 is 0 Å². The molecule has 0 heteroatoms. The molecule has 2 atom stereocenters. The zero-order valence-corrected chi connectivity index (χ0v) is 15.0. The molecular weight excluding hydrogens is 264 g/mol. The Hall–Kier alpha value is -1.56. The quantitative estimate of drug-likeness (QED) is 0.569. The average molecular weight is 294 g/mol. The third-order valence-corrected chi connectivity index (χ3v) is 4.80. The standard InChI is InChI=1S/C22H30/c1-9-12-16-18-15(10-2)13-11-14-17(18)20(22(6,7)8)19(16)21(3,4)5/h9-14,19-20H,1-2H2,3-8H3/b16-12+. The van der Waals surface area contributed by atoms with E-state index in [2.05, 4.69) is 79.0 Å². The predicted molar refractivity (Wildman–Crippen MR) is 99.8 cm³/mol. The summed E-state index contributed by atoms with van der Waals surface area (Å²) in [6.45, 7) is 22.1. The van der Waals surface area contributed by atoms with E-state index in [0.717, 1.165) is 0 Å². The van der Waals surface area contributed by atoms with Crippen molar-refractivity contribution in [2.45, 2.75) is 47.5 Å². The Morgan fingerprint density at radius 2 is 1.50 bits per heavy atom. The van der Waals surface area contributed by atoms with Crippen LogP contribution in [0, 0.1) is 16.7 Å². The van der Waals surface area contributed by atoms with Crippen LogP contribution >= 0.6 is 0 Å². The lowest BCUT2D eigenvalue weighted by molar-refractivity contribution is 0.181. The molecule has 0 nitrogen and oxygen atoms in total. The smallest absolute Gasteiger partial charge is 0.00329 e. The van der Waals surface area contributed by atoms with E-state index in [1.165, 1.54) is 22.3 Å². The van der Waals surface area contributed by atoms with Crippen molar-refractivity contribution in [1.29, 1.82) is 0 Å². The monoisotopic (exact) mass is 294 g/mol. The first kappa shape index (κ1) is 16.8. The second-order valence-corrected chi connectivity index (χ2v) is 8.56. The summed E-state index contributed by atoms with van der Waals surface area (Å²) in [6.07, 6.45) is 6.14. The van der Waals surface area contributed by atoms with E-state index in [0.29, 0.717) is 11.8 Å². The van der Waals surface area contributed by atoms with E-state index < -0.39 is 0 Å². The zero-order chi connectivity index (χ0) is 16.7. The van der Waals surface area contributed by atoms with Gasteiger partial charge in [-0.2, -0.15) is 0 Å². The third kappa shape index (κ3) is 2.72. The molecule has 2 rings (SSSR count). The number of hydrogen-bond acceptors (Lipinski definition) is 0. The van der Waals surface area contributed by atoms with Gasteiger partial charge in [-0.05, 0) is 44.9 Å². The molecule has 2 unspecified atom stereocenters. The summed E-state index contributed by atoms with van der Waals surface area (Å²) in [5.74, 6) is 0.996. The molecule has 0 fully saturated rings. The van der Waals surface area contributed by atoms with Crippen molar-refractivity contribution in [2.24, 2.45) is 16.7 Å². The van der Waals surface area contributed by atoms with Crippen LogP contribution < -0.4 is 0 Å². The van der Waals surface area contributed by atoms with Crippen LogP contribution in [0.25, 0.3) is 11.6 Å². The summed E-state index contributed by atoms with van der Waals surface area (Å²) in [4.78, 5) is 0. The molecule has 1 aliphatic rings.